The summed E-state index contributed by atoms with van der Waals surface area (Å²) in [5.41, 5.74) is 0. The first-order valence-corrected chi connectivity index (χ1v) is 4.85. The van der Waals surface area contributed by atoms with Gasteiger partial charge in [0.1, 0.15) is 0 Å². The maximum absolute atomic E-state index is 11.1. The molecule has 1 amide bonds. The van der Waals surface area contributed by atoms with E-state index in [0.29, 0.717) is 12.6 Å². The van der Waals surface area contributed by atoms with Gasteiger partial charge in [-0.05, 0) is 33.0 Å². The van der Waals surface area contributed by atoms with Crippen LogP contribution in [0.4, 0.5) is 0 Å². The predicted molar refractivity (Wildman–Crippen MR) is 52.6 cm³/mol. The second-order valence-electron chi connectivity index (χ2n) is 3.57. The molecule has 4 nitrogen and oxygen atoms in total. The second-order valence-corrected chi connectivity index (χ2v) is 3.57. The monoisotopic (exact) mass is 185 g/mol. The van der Waals surface area contributed by atoms with Gasteiger partial charge >= 0.3 is 0 Å². The SMILES string of the molecule is CNC(=O)CN(C)C1CCNCC1. The highest BCUT2D eigenvalue weighted by Crippen LogP contribution is 2.08. The molecular formula is C9H19N3O. The first-order chi connectivity index (χ1) is 6.24. The summed E-state index contributed by atoms with van der Waals surface area (Å²) in [7, 11) is 3.70. The maximum atomic E-state index is 11.1. The Hall–Kier alpha value is -0.610. The van der Waals surface area contributed by atoms with Gasteiger partial charge in [-0.15, -0.1) is 0 Å². The number of piperidine rings is 1. The van der Waals surface area contributed by atoms with Gasteiger partial charge in [0.05, 0.1) is 6.54 Å². The molecule has 1 aliphatic heterocycles. The second kappa shape index (κ2) is 5.19. The lowest BCUT2D eigenvalue weighted by Gasteiger charge is -2.30. The molecule has 2 N–H and O–H groups in total. The van der Waals surface area contributed by atoms with Gasteiger partial charge in [-0.3, -0.25) is 9.69 Å². The lowest BCUT2D eigenvalue weighted by molar-refractivity contribution is -0.122. The minimum absolute atomic E-state index is 0.0982. The standard InChI is InChI=1S/C9H19N3O/c1-10-9(13)7-12(2)8-3-5-11-6-4-8/h8,11H,3-7H2,1-2H3,(H,10,13). The number of hydrogen-bond acceptors (Lipinski definition) is 3. The van der Waals surface area contributed by atoms with E-state index >= 15 is 0 Å². The zero-order valence-electron chi connectivity index (χ0n) is 8.47. The van der Waals surface area contributed by atoms with Crippen LogP contribution in [-0.2, 0) is 4.79 Å². The Morgan fingerprint density at radius 1 is 1.54 bits per heavy atom. The number of amides is 1. The highest BCUT2D eigenvalue weighted by atomic mass is 16.1. The summed E-state index contributed by atoms with van der Waals surface area (Å²) in [4.78, 5) is 13.2. The molecule has 1 heterocycles. The number of hydrogen-bond donors (Lipinski definition) is 2. The summed E-state index contributed by atoms with van der Waals surface area (Å²) >= 11 is 0. The smallest absolute Gasteiger partial charge is 0.233 e. The van der Waals surface area contributed by atoms with Crippen LogP contribution < -0.4 is 10.6 Å². The van der Waals surface area contributed by atoms with Crippen LogP contribution >= 0.6 is 0 Å². The van der Waals surface area contributed by atoms with Gasteiger partial charge < -0.3 is 10.6 Å². The number of carbonyl (C=O) groups is 1. The maximum Gasteiger partial charge on any atom is 0.233 e. The topological polar surface area (TPSA) is 44.4 Å². The van der Waals surface area contributed by atoms with Crippen molar-refractivity contribution in [2.75, 3.05) is 33.7 Å². The quantitative estimate of drug-likeness (QED) is 0.618. The minimum Gasteiger partial charge on any atom is -0.358 e. The Labute approximate surface area is 79.7 Å². The summed E-state index contributed by atoms with van der Waals surface area (Å²) in [5.74, 6) is 0.0982. The van der Waals surface area contributed by atoms with E-state index in [1.807, 2.05) is 7.05 Å². The third-order valence-electron chi connectivity index (χ3n) is 2.60. The largest absolute Gasteiger partial charge is 0.358 e. The normalized spacial score (nSPS) is 19.0. The van der Waals surface area contributed by atoms with Crippen molar-refractivity contribution in [3.8, 4) is 0 Å². The number of likely N-dealkylation sites (N-methyl/N-ethyl adjacent to an activating group) is 2. The number of carbonyl (C=O) groups excluding carboxylic acids is 1. The summed E-state index contributed by atoms with van der Waals surface area (Å²) < 4.78 is 0. The summed E-state index contributed by atoms with van der Waals surface area (Å²) in [6.45, 7) is 2.66. The fourth-order valence-electron chi connectivity index (χ4n) is 1.68. The van der Waals surface area contributed by atoms with Crippen LogP contribution in [0.25, 0.3) is 0 Å². The molecule has 1 saturated heterocycles. The molecule has 0 aliphatic carbocycles. The minimum atomic E-state index is 0.0982. The average Bonchev–Trinajstić information content (AvgIpc) is 2.19. The molecule has 0 unspecified atom stereocenters. The first-order valence-electron chi connectivity index (χ1n) is 4.85. The van der Waals surface area contributed by atoms with Gasteiger partial charge in [-0.1, -0.05) is 0 Å². The predicted octanol–water partition coefficient (Wildman–Crippen LogP) is -0.584. The molecule has 0 spiro atoms. The van der Waals surface area contributed by atoms with Crippen LogP contribution in [0.1, 0.15) is 12.8 Å². The van der Waals surface area contributed by atoms with Crippen LogP contribution in [-0.4, -0.2) is 50.6 Å². The van der Waals surface area contributed by atoms with Crippen LogP contribution in [0, 0.1) is 0 Å². The Morgan fingerprint density at radius 2 is 2.15 bits per heavy atom. The highest BCUT2D eigenvalue weighted by molar-refractivity contribution is 5.77. The van der Waals surface area contributed by atoms with Crippen molar-refractivity contribution < 1.29 is 4.79 Å². The van der Waals surface area contributed by atoms with Crippen LogP contribution in [0.5, 0.6) is 0 Å². The fraction of sp³-hybridized carbons (Fsp3) is 0.889. The zero-order valence-corrected chi connectivity index (χ0v) is 8.47. The van der Waals surface area contributed by atoms with Crippen molar-refractivity contribution in [2.45, 2.75) is 18.9 Å². The molecule has 13 heavy (non-hydrogen) atoms. The molecule has 0 aromatic heterocycles. The molecule has 4 heteroatoms. The Bertz CT molecular complexity index is 166. The Morgan fingerprint density at radius 3 is 2.69 bits per heavy atom. The van der Waals surface area contributed by atoms with Gasteiger partial charge in [0, 0.05) is 13.1 Å². The molecule has 1 aliphatic rings. The summed E-state index contributed by atoms with van der Waals surface area (Å²) in [6.07, 6.45) is 2.29. The first kappa shape index (κ1) is 10.5. The lowest BCUT2D eigenvalue weighted by Crippen LogP contribution is -2.44. The fourth-order valence-corrected chi connectivity index (χ4v) is 1.68. The molecular weight excluding hydrogens is 166 g/mol. The lowest BCUT2D eigenvalue weighted by atomic mass is 10.1. The van der Waals surface area contributed by atoms with Crippen molar-refractivity contribution >= 4 is 5.91 Å². The van der Waals surface area contributed by atoms with Crippen LogP contribution in [0.15, 0.2) is 0 Å². The van der Waals surface area contributed by atoms with Crippen molar-refractivity contribution in [1.29, 1.82) is 0 Å². The molecule has 1 fully saturated rings. The zero-order chi connectivity index (χ0) is 9.68. The van der Waals surface area contributed by atoms with E-state index in [-0.39, 0.29) is 5.91 Å². The van der Waals surface area contributed by atoms with E-state index in [4.69, 9.17) is 0 Å². The number of nitrogens with zero attached hydrogens (tertiary/aromatic N) is 1. The van der Waals surface area contributed by atoms with Crippen molar-refractivity contribution in [3.63, 3.8) is 0 Å². The van der Waals surface area contributed by atoms with Gasteiger partial charge in [-0.25, -0.2) is 0 Å². The van der Waals surface area contributed by atoms with Gasteiger partial charge in [-0.2, -0.15) is 0 Å². The van der Waals surface area contributed by atoms with E-state index in [1.54, 1.807) is 7.05 Å². The third-order valence-corrected chi connectivity index (χ3v) is 2.60. The average molecular weight is 185 g/mol. The molecule has 0 aromatic carbocycles. The molecule has 76 valence electrons. The van der Waals surface area contributed by atoms with Crippen molar-refractivity contribution in [1.82, 2.24) is 15.5 Å². The van der Waals surface area contributed by atoms with Gasteiger partial charge in [0.2, 0.25) is 5.91 Å². The van der Waals surface area contributed by atoms with E-state index in [1.165, 1.54) is 0 Å². The molecule has 1 rings (SSSR count). The van der Waals surface area contributed by atoms with Crippen LogP contribution in [0.3, 0.4) is 0 Å². The van der Waals surface area contributed by atoms with Gasteiger partial charge in [0.25, 0.3) is 0 Å². The van der Waals surface area contributed by atoms with Crippen molar-refractivity contribution in [3.05, 3.63) is 0 Å². The molecule has 0 saturated carbocycles. The van der Waals surface area contributed by atoms with E-state index in [0.717, 1.165) is 25.9 Å². The Kier molecular flexibility index (Phi) is 4.18. The third kappa shape index (κ3) is 3.32. The van der Waals surface area contributed by atoms with E-state index in [9.17, 15) is 4.79 Å². The van der Waals surface area contributed by atoms with E-state index < -0.39 is 0 Å². The number of rotatable bonds is 3. The summed E-state index contributed by atoms with van der Waals surface area (Å²) in [5, 5.41) is 5.95. The van der Waals surface area contributed by atoms with Gasteiger partial charge in [0.15, 0.2) is 0 Å². The molecule has 0 atom stereocenters. The van der Waals surface area contributed by atoms with Crippen molar-refractivity contribution in [2.24, 2.45) is 0 Å². The number of nitrogens with one attached hydrogen (secondary N) is 2. The summed E-state index contributed by atoms with van der Waals surface area (Å²) in [6, 6.07) is 0.568. The molecule has 0 bridgehead atoms. The molecule has 0 aromatic rings. The highest BCUT2D eigenvalue weighted by Gasteiger charge is 2.18. The Balaban J connectivity index is 2.28. The van der Waals surface area contributed by atoms with E-state index in [2.05, 4.69) is 15.5 Å². The van der Waals surface area contributed by atoms with Crippen LogP contribution in [0.2, 0.25) is 0 Å². The molecule has 0 radical (unpaired) electrons.